The minimum atomic E-state index is -4.75. The number of nitrogens with zero attached hydrogens (tertiary/aromatic N) is 5. The molecule has 0 atom stereocenters. The van der Waals surface area contributed by atoms with Crippen molar-refractivity contribution in [3.05, 3.63) is 66.1 Å². The van der Waals surface area contributed by atoms with Crippen molar-refractivity contribution in [1.82, 2.24) is 24.6 Å². The zero-order chi connectivity index (χ0) is 27.4. The predicted molar refractivity (Wildman–Crippen MR) is 138 cm³/mol. The minimum Gasteiger partial charge on any atom is -0.406 e. The number of aromatic nitrogens is 4. The summed E-state index contributed by atoms with van der Waals surface area (Å²) in [6.45, 7) is 6.13. The molecule has 0 saturated carbocycles. The highest BCUT2D eigenvalue weighted by Crippen LogP contribution is 2.28. The molecule has 0 bridgehead atoms. The number of rotatable bonds is 9. The van der Waals surface area contributed by atoms with Crippen LogP contribution < -0.4 is 10.1 Å². The van der Waals surface area contributed by atoms with E-state index in [1.54, 1.807) is 0 Å². The summed E-state index contributed by atoms with van der Waals surface area (Å²) in [4.78, 5) is 11.3. The summed E-state index contributed by atoms with van der Waals surface area (Å²) in [6, 6.07) is 11.2. The molecule has 1 aliphatic heterocycles. The van der Waals surface area contributed by atoms with Crippen LogP contribution in [0.15, 0.2) is 59.4 Å². The number of alkyl halides is 3. The molecule has 2 N–H and O–H groups in total. The van der Waals surface area contributed by atoms with E-state index >= 15 is 0 Å². The number of halogens is 3. The van der Waals surface area contributed by atoms with Crippen molar-refractivity contribution < 1.29 is 27.5 Å². The van der Waals surface area contributed by atoms with Crippen LogP contribution in [0.25, 0.3) is 22.8 Å². The van der Waals surface area contributed by atoms with Gasteiger partial charge in [0.2, 0.25) is 5.82 Å². The van der Waals surface area contributed by atoms with Crippen LogP contribution >= 0.6 is 0 Å². The number of piperidine rings is 1. The Morgan fingerprint density at radius 3 is 2.56 bits per heavy atom. The summed E-state index contributed by atoms with van der Waals surface area (Å²) in [6.07, 6.45) is 0.506. The molecule has 1 saturated heterocycles. The molecule has 0 unspecified atom stereocenters. The van der Waals surface area contributed by atoms with E-state index in [4.69, 9.17) is 4.52 Å². The number of aryl methyl sites for hydroxylation is 1. The molecule has 5 rings (SSSR count). The smallest absolute Gasteiger partial charge is 0.406 e. The minimum absolute atomic E-state index is 0.163. The fourth-order valence-electron chi connectivity index (χ4n) is 4.47. The van der Waals surface area contributed by atoms with Gasteiger partial charge in [0.05, 0.1) is 11.7 Å². The Hall–Kier alpha value is -3.90. The molecule has 1 aromatic carbocycles. The normalized spacial score (nSPS) is 15.0. The summed E-state index contributed by atoms with van der Waals surface area (Å²) in [7, 11) is 0. The molecule has 12 heteroatoms. The molecular weight excluding hydrogens is 513 g/mol. The Balaban J connectivity index is 1.17. The number of benzene rings is 1. The SMILES string of the molecule is Cc1cc(-c2nc(-c3ccc(OC(F)(F)F)cc3)no2)cn1Cc1ccc(NCCN2CCC(O)CC2)nc1. The predicted octanol–water partition coefficient (Wildman–Crippen LogP) is 4.72. The molecule has 0 amide bonds. The van der Waals surface area contributed by atoms with E-state index in [9.17, 15) is 18.3 Å². The van der Waals surface area contributed by atoms with E-state index < -0.39 is 6.36 Å². The molecular formula is C27H29F3N6O3. The maximum Gasteiger partial charge on any atom is 0.573 e. The van der Waals surface area contributed by atoms with Gasteiger partial charge in [0.25, 0.3) is 5.89 Å². The van der Waals surface area contributed by atoms with Crippen LogP contribution in [-0.4, -0.2) is 68.3 Å². The highest BCUT2D eigenvalue weighted by Gasteiger charge is 2.31. The lowest BCUT2D eigenvalue weighted by Gasteiger charge is -2.29. The number of hydrogen-bond donors (Lipinski definition) is 2. The van der Waals surface area contributed by atoms with Gasteiger partial charge in [-0.05, 0) is 61.7 Å². The van der Waals surface area contributed by atoms with E-state index in [-0.39, 0.29) is 17.7 Å². The van der Waals surface area contributed by atoms with E-state index in [2.05, 4.69) is 34.6 Å². The number of anilines is 1. The second kappa shape index (κ2) is 11.5. The summed E-state index contributed by atoms with van der Waals surface area (Å²) < 4.78 is 48.5. The number of hydrogen-bond acceptors (Lipinski definition) is 8. The number of aliphatic hydroxyl groups is 1. The van der Waals surface area contributed by atoms with Crippen molar-refractivity contribution in [3.63, 3.8) is 0 Å². The number of aliphatic hydroxyl groups excluding tert-OH is 1. The number of ether oxygens (including phenoxy) is 1. The third-order valence-corrected chi connectivity index (χ3v) is 6.60. The Kier molecular flexibility index (Phi) is 7.84. The summed E-state index contributed by atoms with van der Waals surface area (Å²) in [5, 5.41) is 16.9. The largest absolute Gasteiger partial charge is 0.573 e. The van der Waals surface area contributed by atoms with Crippen molar-refractivity contribution in [2.75, 3.05) is 31.5 Å². The molecule has 1 aliphatic rings. The van der Waals surface area contributed by atoms with Crippen LogP contribution in [-0.2, 0) is 6.54 Å². The van der Waals surface area contributed by atoms with Crippen LogP contribution in [0.4, 0.5) is 19.0 Å². The molecule has 0 aliphatic carbocycles. The van der Waals surface area contributed by atoms with E-state index in [0.29, 0.717) is 18.0 Å². The lowest BCUT2D eigenvalue weighted by Crippen LogP contribution is -2.38. The maximum atomic E-state index is 12.4. The monoisotopic (exact) mass is 542 g/mol. The first-order valence-electron chi connectivity index (χ1n) is 12.7. The number of pyridine rings is 1. The topological polar surface area (TPSA) is 101 Å². The van der Waals surface area contributed by atoms with Gasteiger partial charge >= 0.3 is 6.36 Å². The van der Waals surface area contributed by atoms with Crippen molar-refractivity contribution in [2.45, 2.75) is 38.8 Å². The average Bonchev–Trinajstić information content (AvgIpc) is 3.53. The molecule has 0 spiro atoms. The fraction of sp³-hybridized carbons (Fsp3) is 0.370. The van der Waals surface area contributed by atoms with Gasteiger partial charge in [-0.2, -0.15) is 4.98 Å². The lowest BCUT2D eigenvalue weighted by molar-refractivity contribution is -0.274. The quantitative estimate of drug-likeness (QED) is 0.313. The lowest BCUT2D eigenvalue weighted by atomic mass is 10.1. The summed E-state index contributed by atoms with van der Waals surface area (Å²) in [5.74, 6) is 1.07. The standard InChI is InChI=1S/C27H29F3N6O3/c1-18-14-21(26-33-25(34-39-26)20-3-5-23(6-4-20)38-27(28,29)30)17-36(18)16-19-2-7-24(32-15-19)31-10-13-35-11-8-22(37)9-12-35/h2-7,14-15,17,22,37H,8-13,16H2,1H3,(H,31,32). The van der Waals surface area contributed by atoms with Crippen molar-refractivity contribution in [3.8, 4) is 28.6 Å². The van der Waals surface area contributed by atoms with E-state index in [1.807, 2.05) is 37.5 Å². The molecule has 39 heavy (non-hydrogen) atoms. The first-order valence-corrected chi connectivity index (χ1v) is 12.7. The highest BCUT2D eigenvalue weighted by atomic mass is 19.4. The zero-order valence-electron chi connectivity index (χ0n) is 21.4. The Morgan fingerprint density at radius 2 is 1.87 bits per heavy atom. The second-order valence-corrected chi connectivity index (χ2v) is 9.54. The number of nitrogens with one attached hydrogen (secondary N) is 1. The van der Waals surface area contributed by atoms with Gasteiger partial charge in [-0.1, -0.05) is 11.2 Å². The van der Waals surface area contributed by atoms with Crippen LogP contribution in [0, 0.1) is 6.92 Å². The first kappa shape index (κ1) is 26.7. The van der Waals surface area contributed by atoms with Crippen molar-refractivity contribution in [1.29, 1.82) is 0 Å². The molecule has 3 aromatic heterocycles. The maximum absolute atomic E-state index is 12.4. The van der Waals surface area contributed by atoms with Gasteiger partial charge in [0, 0.05) is 56.4 Å². The van der Waals surface area contributed by atoms with Crippen LogP contribution in [0.3, 0.4) is 0 Å². The summed E-state index contributed by atoms with van der Waals surface area (Å²) in [5.41, 5.74) is 3.26. The van der Waals surface area contributed by atoms with E-state index in [0.717, 1.165) is 61.7 Å². The van der Waals surface area contributed by atoms with Crippen molar-refractivity contribution in [2.24, 2.45) is 0 Å². The second-order valence-electron chi connectivity index (χ2n) is 9.54. The first-order chi connectivity index (χ1) is 18.7. The van der Waals surface area contributed by atoms with Gasteiger partial charge in [-0.3, -0.25) is 0 Å². The molecule has 1 fully saturated rings. The Bertz CT molecular complexity index is 1360. The molecule has 206 valence electrons. The third-order valence-electron chi connectivity index (χ3n) is 6.60. The highest BCUT2D eigenvalue weighted by molar-refractivity contribution is 5.60. The molecule has 4 heterocycles. The van der Waals surface area contributed by atoms with E-state index in [1.165, 1.54) is 24.3 Å². The Labute approximate surface area is 223 Å². The van der Waals surface area contributed by atoms with Gasteiger partial charge in [0.15, 0.2) is 0 Å². The van der Waals surface area contributed by atoms with Crippen molar-refractivity contribution >= 4 is 5.82 Å². The number of likely N-dealkylation sites (tertiary alicyclic amines) is 1. The average molecular weight is 543 g/mol. The molecule has 0 radical (unpaired) electrons. The fourth-order valence-corrected chi connectivity index (χ4v) is 4.47. The molecule has 4 aromatic rings. The van der Waals surface area contributed by atoms with Crippen LogP contribution in [0.2, 0.25) is 0 Å². The van der Waals surface area contributed by atoms with Gasteiger partial charge in [-0.15, -0.1) is 13.2 Å². The van der Waals surface area contributed by atoms with Crippen LogP contribution in [0.5, 0.6) is 5.75 Å². The van der Waals surface area contributed by atoms with Gasteiger partial charge < -0.3 is 29.2 Å². The Morgan fingerprint density at radius 1 is 1.10 bits per heavy atom. The van der Waals surface area contributed by atoms with Crippen LogP contribution in [0.1, 0.15) is 24.1 Å². The van der Waals surface area contributed by atoms with Gasteiger partial charge in [-0.25, -0.2) is 4.98 Å². The zero-order valence-corrected chi connectivity index (χ0v) is 21.4. The molecule has 9 nitrogen and oxygen atoms in total. The third kappa shape index (κ3) is 7.15. The van der Waals surface area contributed by atoms with Gasteiger partial charge in [0.1, 0.15) is 11.6 Å². The summed E-state index contributed by atoms with van der Waals surface area (Å²) >= 11 is 0.